The maximum atomic E-state index is 12.7. The molecule has 1 aromatic carbocycles. The SMILES string of the molecule is C[C@@H](OC(=O)Cn1cc(C(F)(F)F)ccc1=O)C(=O)Nc1ccc([N+](=O)[O-])cc1. The van der Waals surface area contributed by atoms with Gasteiger partial charge in [0.2, 0.25) is 0 Å². The van der Waals surface area contributed by atoms with Crippen molar-refractivity contribution in [2.45, 2.75) is 25.7 Å². The predicted octanol–water partition coefficient (Wildman–Crippen LogP) is 2.35. The number of nitro benzene ring substituents is 1. The second kappa shape index (κ2) is 8.54. The summed E-state index contributed by atoms with van der Waals surface area (Å²) in [5.41, 5.74) is -1.95. The molecule has 2 aromatic rings. The van der Waals surface area contributed by atoms with Crippen LogP contribution in [0.5, 0.6) is 0 Å². The quantitative estimate of drug-likeness (QED) is 0.441. The standard InChI is InChI=1S/C17H14F3N3O6/c1-10(16(26)21-12-3-5-13(6-4-12)23(27)28)29-15(25)9-22-8-11(17(18,19)20)2-7-14(22)24/h2-8,10H,9H2,1H3,(H,21,26)/t10-/m1/s1. The van der Waals surface area contributed by atoms with E-state index in [1.807, 2.05) is 0 Å². The molecule has 1 atom stereocenters. The highest BCUT2D eigenvalue weighted by molar-refractivity contribution is 5.95. The lowest BCUT2D eigenvalue weighted by molar-refractivity contribution is -0.384. The van der Waals surface area contributed by atoms with Crippen molar-refractivity contribution >= 4 is 23.3 Å². The van der Waals surface area contributed by atoms with Gasteiger partial charge in [0.15, 0.2) is 6.10 Å². The van der Waals surface area contributed by atoms with E-state index >= 15 is 0 Å². The summed E-state index contributed by atoms with van der Waals surface area (Å²) in [6.45, 7) is 0.394. The lowest BCUT2D eigenvalue weighted by Crippen LogP contribution is -2.33. The van der Waals surface area contributed by atoms with E-state index in [2.05, 4.69) is 5.32 Å². The van der Waals surface area contributed by atoms with Gasteiger partial charge in [-0.15, -0.1) is 0 Å². The third-order valence-corrected chi connectivity index (χ3v) is 3.63. The van der Waals surface area contributed by atoms with Crippen molar-refractivity contribution in [3.63, 3.8) is 0 Å². The first-order chi connectivity index (χ1) is 13.5. The summed E-state index contributed by atoms with van der Waals surface area (Å²) in [4.78, 5) is 45.5. The summed E-state index contributed by atoms with van der Waals surface area (Å²) < 4.78 is 43.5. The molecule has 0 aliphatic carbocycles. The first-order valence-electron chi connectivity index (χ1n) is 8.00. The number of carbonyl (C=O) groups excluding carboxylic acids is 2. The maximum Gasteiger partial charge on any atom is 0.417 e. The average molecular weight is 413 g/mol. The van der Waals surface area contributed by atoms with Gasteiger partial charge in [0.1, 0.15) is 6.54 Å². The molecular weight excluding hydrogens is 399 g/mol. The van der Waals surface area contributed by atoms with Gasteiger partial charge in [-0.3, -0.25) is 24.5 Å². The van der Waals surface area contributed by atoms with Crippen LogP contribution < -0.4 is 10.9 Å². The molecule has 2 rings (SSSR count). The predicted molar refractivity (Wildman–Crippen MR) is 93.0 cm³/mol. The van der Waals surface area contributed by atoms with Crippen LogP contribution in [0.15, 0.2) is 47.4 Å². The number of nitro groups is 1. The molecule has 0 saturated carbocycles. The normalized spacial score (nSPS) is 12.1. The lowest BCUT2D eigenvalue weighted by Gasteiger charge is -2.15. The van der Waals surface area contributed by atoms with Crippen LogP contribution >= 0.6 is 0 Å². The van der Waals surface area contributed by atoms with Crippen molar-refractivity contribution in [3.8, 4) is 0 Å². The Bertz CT molecular complexity index is 985. The van der Waals surface area contributed by atoms with Crippen LogP contribution in [0.4, 0.5) is 24.5 Å². The Labute approximate surface area is 160 Å². The van der Waals surface area contributed by atoms with Crippen LogP contribution in [-0.2, 0) is 27.0 Å². The van der Waals surface area contributed by atoms with Crippen LogP contribution in [0.1, 0.15) is 12.5 Å². The minimum atomic E-state index is -4.70. The van der Waals surface area contributed by atoms with Crippen molar-refractivity contribution in [2.75, 3.05) is 5.32 Å². The number of nitrogens with one attached hydrogen (secondary N) is 1. The van der Waals surface area contributed by atoms with Crippen molar-refractivity contribution in [1.82, 2.24) is 4.57 Å². The molecule has 0 unspecified atom stereocenters. The highest BCUT2D eigenvalue weighted by atomic mass is 19.4. The Morgan fingerprint density at radius 3 is 2.38 bits per heavy atom. The highest BCUT2D eigenvalue weighted by Gasteiger charge is 2.31. The number of nitrogens with zero attached hydrogens (tertiary/aromatic N) is 2. The molecule has 12 heteroatoms. The smallest absolute Gasteiger partial charge is 0.417 e. The van der Waals surface area contributed by atoms with Gasteiger partial charge in [-0.2, -0.15) is 13.2 Å². The number of esters is 1. The molecule has 0 fully saturated rings. The fourth-order valence-corrected chi connectivity index (χ4v) is 2.16. The molecule has 1 aromatic heterocycles. The van der Waals surface area contributed by atoms with E-state index in [0.717, 1.165) is 12.1 Å². The summed E-state index contributed by atoms with van der Waals surface area (Å²) in [5, 5.41) is 12.9. The fourth-order valence-electron chi connectivity index (χ4n) is 2.16. The van der Waals surface area contributed by atoms with Crippen molar-refractivity contribution in [3.05, 3.63) is 68.6 Å². The van der Waals surface area contributed by atoms with Crippen molar-refractivity contribution < 1.29 is 32.4 Å². The van der Waals surface area contributed by atoms with Crippen molar-refractivity contribution in [1.29, 1.82) is 0 Å². The number of pyridine rings is 1. The van der Waals surface area contributed by atoms with Crippen LogP contribution in [0.25, 0.3) is 0 Å². The Kier molecular flexibility index (Phi) is 6.36. The molecule has 9 nitrogen and oxygen atoms in total. The zero-order chi connectivity index (χ0) is 21.8. The maximum absolute atomic E-state index is 12.7. The number of amides is 1. The monoisotopic (exact) mass is 413 g/mol. The zero-order valence-electron chi connectivity index (χ0n) is 14.8. The number of anilines is 1. The number of hydrogen-bond acceptors (Lipinski definition) is 6. The van der Waals surface area contributed by atoms with Crippen molar-refractivity contribution in [2.24, 2.45) is 0 Å². The Morgan fingerprint density at radius 2 is 1.83 bits per heavy atom. The molecule has 154 valence electrons. The number of non-ortho nitro benzene ring substituents is 1. The van der Waals surface area contributed by atoms with E-state index in [4.69, 9.17) is 4.74 Å². The molecule has 1 N–H and O–H groups in total. The second-order valence-electron chi connectivity index (χ2n) is 5.81. The van der Waals surface area contributed by atoms with Crippen LogP contribution in [0.2, 0.25) is 0 Å². The second-order valence-corrected chi connectivity index (χ2v) is 5.81. The zero-order valence-corrected chi connectivity index (χ0v) is 14.8. The summed E-state index contributed by atoms with van der Waals surface area (Å²) in [6.07, 6.45) is -5.55. The van der Waals surface area contributed by atoms with Crippen LogP contribution in [0.3, 0.4) is 0 Å². The largest absolute Gasteiger partial charge is 0.451 e. The molecule has 29 heavy (non-hydrogen) atoms. The van der Waals surface area contributed by atoms with E-state index < -0.39 is 46.7 Å². The molecule has 0 aliphatic rings. The summed E-state index contributed by atoms with van der Waals surface area (Å²) >= 11 is 0. The van der Waals surface area contributed by atoms with E-state index in [0.29, 0.717) is 22.9 Å². The van der Waals surface area contributed by atoms with Gasteiger partial charge < -0.3 is 14.6 Å². The molecule has 1 heterocycles. The summed E-state index contributed by atoms with van der Waals surface area (Å²) in [6, 6.07) is 6.11. The first-order valence-corrected chi connectivity index (χ1v) is 8.00. The number of rotatable bonds is 6. The lowest BCUT2D eigenvalue weighted by atomic mass is 10.2. The number of aromatic nitrogens is 1. The number of alkyl halides is 3. The minimum absolute atomic E-state index is 0.186. The third kappa shape index (κ3) is 5.89. The average Bonchev–Trinajstić information content (AvgIpc) is 2.62. The van der Waals surface area contributed by atoms with Gasteiger partial charge in [-0.05, 0) is 25.1 Å². The summed E-state index contributed by atoms with van der Waals surface area (Å²) in [5.74, 6) is -1.87. The molecule has 0 bridgehead atoms. The number of halogens is 3. The number of carbonyl (C=O) groups is 2. The Balaban J connectivity index is 1.99. The Hall–Kier alpha value is -3.70. The number of hydrogen-bond donors (Lipinski definition) is 1. The van der Waals surface area contributed by atoms with E-state index in [9.17, 15) is 37.7 Å². The van der Waals surface area contributed by atoms with Gasteiger partial charge >= 0.3 is 12.1 Å². The number of benzene rings is 1. The molecule has 0 radical (unpaired) electrons. The van der Waals surface area contributed by atoms with Crippen LogP contribution in [-0.4, -0.2) is 27.5 Å². The van der Waals surface area contributed by atoms with Crippen LogP contribution in [0, 0.1) is 10.1 Å². The van der Waals surface area contributed by atoms with E-state index in [1.165, 1.54) is 19.1 Å². The highest BCUT2D eigenvalue weighted by Crippen LogP contribution is 2.28. The molecule has 0 spiro atoms. The van der Waals surface area contributed by atoms with Gasteiger partial charge in [-0.25, -0.2) is 0 Å². The molecule has 0 aliphatic heterocycles. The first kappa shape index (κ1) is 21.6. The minimum Gasteiger partial charge on any atom is -0.451 e. The van der Waals surface area contributed by atoms with Gasteiger partial charge in [0, 0.05) is 30.1 Å². The molecule has 1 amide bonds. The molecule has 0 saturated heterocycles. The molecular formula is C17H14F3N3O6. The van der Waals surface area contributed by atoms with E-state index in [1.54, 1.807) is 0 Å². The van der Waals surface area contributed by atoms with Gasteiger partial charge in [0.05, 0.1) is 10.5 Å². The fraction of sp³-hybridized carbons (Fsp3) is 0.235. The topological polar surface area (TPSA) is 121 Å². The summed E-state index contributed by atoms with van der Waals surface area (Å²) in [7, 11) is 0. The number of ether oxygens (including phenoxy) is 1. The van der Waals surface area contributed by atoms with Gasteiger partial charge in [0.25, 0.3) is 17.2 Å². The van der Waals surface area contributed by atoms with E-state index in [-0.39, 0.29) is 11.4 Å². The Morgan fingerprint density at radius 1 is 1.21 bits per heavy atom. The third-order valence-electron chi connectivity index (χ3n) is 3.63. The van der Waals surface area contributed by atoms with Gasteiger partial charge in [-0.1, -0.05) is 0 Å².